The van der Waals surface area contributed by atoms with E-state index in [4.69, 9.17) is 9.57 Å². The van der Waals surface area contributed by atoms with E-state index in [1.165, 1.54) is 52.0 Å². The van der Waals surface area contributed by atoms with Crippen LogP contribution in [0.4, 0.5) is 9.59 Å². The van der Waals surface area contributed by atoms with Crippen molar-refractivity contribution in [3.8, 4) is 0 Å². The molecule has 1 heterocycles. The SMILES string of the molecule is CON=C(C)C(=NOC(=O)N(C)SN(C)C(=O)ON=C1OCCN(C)C1=O)C(=O)N(C)C. The smallest absolute Gasteiger partial charge is 0.447 e. The van der Waals surface area contributed by atoms with Crippen molar-refractivity contribution in [2.24, 2.45) is 15.5 Å². The Bertz CT molecular complexity index is 829. The van der Waals surface area contributed by atoms with Crippen molar-refractivity contribution >= 4 is 53.5 Å². The fourth-order valence-corrected chi connectivity index (χ4v) is 2.42. The molecule has 0 saturated carbocycles. The number of hydrogen-bond donors (Lipinski definition) is 0. The van der Waals surface area contributed by atoms with Gasteiger partial charge in [-0.3, -0.25) is 19.3 Å². The van der Waals surface area contributed by atoms with Gasteiger partial charge in [0.05, 0.1) is 18.7 Å². The standard InChI is InChI=1S/C16H25N7O8S/c1-10(17-28-7)11(13(24)20(2)3)18-30-15(26)22(5)32-23(6)16(27)31-19-12-14(25)21(4)8-9-29-12/h8-9H2,1-7H3. The van der Waals surface area contributed by atoms with Gasteiger partial charge in [0.15, 0.2) is 5.71 Å². The molecule has 1 rings (SSSR count). The zero-order valence-electron chi connectivity index (χ0n) is 18.7. The predicted octanol–water partition coefficient (Wildman–Crippen LogP) is -0.0450. The number of rotatable bonds is 7. The molecule has 0 aromatic carbocycles. The Kier molecular flexibility index (Phi) is 10.2. The number of hydrogen-bond acceptors (Lipinski definition) is 12. The zero-order valence-corrected chi connectivity index (χ0v) is 19.5. The molecule has 0 bridgehead atoms. The summed E-state index contributed by atoms with van der Waals surface area (Å²) in [5, 5.41) is 10.5. The number of amides is 4. The van der Waals surface area contributed by atoms with Crippen molar-refractivity contribution < 1.29 is 38.4 Å². The number of ether oxygens (including phenoxy) is 1. The first-order valence-corrected chi connectivity index (χ1v) is 9.64. The summed E-state index contributed by atoms with van der Waals surface area (Å²) in [7, 11) is 8.36. The third kappa shape index (κ3) is 7.60. The average Bonchev–Trinajstić information content (AvgIpc) is 2.74. The van der Waals surface area contributed by atoms with E-state index in [0.717, 1.165) is 8.61 Å². The van der Waals surface area contributed by atoms with Crippen molar-refractivity contribution in [3.05, 3.63) is 0 Å². The van der Waals surface area contributed by atoms with Crippen molar-refractivity contribution in [1.29, 1.82) is 0 Å². The van der Waals surface area contributed by atoms with E-state index in [2.05, 4.69) is 25.1 Å². The second-order valence-electron chi connectivity index (χ2n) is 6.26. The Morgan fingerprint density at radius 1 is 1.06 bits per heavy atom. The fourth-order valence-electron chi connectivity index (χ4n) is 1.85. The van der Waals surface area contributed by atoms with Crippen LogP contribution in [0.2, 0.25) is 0 Å². The summed E-state index contributed by atoms with van der Waals surface area (Å²) >= 11 is 0.581. The molecule has 1 aliphatic rings. The molecule has 0 radical (unpaired) electrons. The lowest BCUT2D eigenvalue weighted by Gasteiger charge is -2.23. The number of oxime groups is 3. The molecule has 15 nitrogen and oxygen atoms in total. The second kappa shape index (κ2) is 12.3. The van der Waals surface area contributed by atoms with Gasteiger partial charge in [0, 0.05) is 35.2 Å². The van der Waals surface area contributed by atoms with Crippen LogP contribution in [0.3, 0.4) is 0 Å². The number of carbonyl (C=O) groups is 4. The first-order chi connectivity index (χ1) is 15.0. The van der Waals surface area contributed by atoms with Crippen LogP contribution in [0, 0.1) is 0 Å². The summed E-state index contributed by atoms with van der Waals surface area (Å²) in [4.78, 5) is 64.8. The van der Waals surface area contributed by atoms with Gasteiger partial charge in [0.2, 0.25) is 0 Å². The highest BCUT2D eigenvalue weighted by molar-refractivity contribution is 7.95. The lowest BCUT2D eigenvalue weighted by atomic mass is 10.2. The minimum Gasteiger partial charge on any atom is -0.470 e. The normalized spacial score (nSPS) is 15.7. The Morgan fingerprint density at radius 3 is 2.22 bits per heavy atom. The Balaban J connectivity index is 2.72. The van der Waals surface area contributed by atoms with Gasteiger partial charge in [0.25, 0.3) is 5.91 Å². The maximum absolute atomic E-state index is 12.2. The third-order valence-corrected chi connectivity index (χ3v) is 4.34. The molecular weight excluding hydrogens is 450 g/mol. The molecule has 178 valence electrons. The molecule has 16 heteroatoms. The molecule has 32 heavy (non-hydrogen) atoms. The van der Waals surface area contributed by atoms with Crippen molar-refractivity contribution in [2.45, 2.75) is 6.92 Å². The summed E-state index contributed by atoms with van der Waals surface area (Å²) < 4.78 is 6.84. The maximum atomic E-state index is 12.2. The van der Waals surface area contributed by atoms with Gasteiger partial charge in [-0.15, -0.1) is 0 Å². The number of morpholine rings is 1. The van der Waals surface area contributed by atoms with E-state index in [0.29, 0.717) is 18.7 Å². The first-order valence-electron chi connectivity index (χ1n) is 8.91. The minimum absolute atomic E-state index is 0.0826. The molecule has 0 aromatic heterocycles. The predicted molar refractivity (Wildman–Crippen MR) is 113 cm³/mol. The molecule has 0 spiro atoms. The van der Waals surface area contributed by atoms with Gasteiger partial charge in [0.1, 0.15) is 19.4 Å². The summed E-state index contributed by atoms with van der Waals surface area (Å²) in [6.45, 7) is 2.04. The molecule has 0 aromatic rings. The molecule has 0 unspecified atom stereocenters. The van der Waals surface area contributed by atoms with E-state index in [-0.39, 0.29) is 23.9 Å². The Labute approximate surface area is 188 Å². The number of likely N-dealkylation sites (N-methyl/N-ethyl adjacent to an activating group) is 1. The molecule has 0 aliphatic carbocycles. The minimum atomic E-state index is -1.01. The monoisotopic (exact) mass is 475 g/mol. The van der Waals surface area contributed by atoms with Crippen LogP contribution in [0.15, 0.2) is 15.5 Å². The van der Waals surface area contributed by atoms with Gasteiger partial charge in [-0.2, -0.15) is 0 Å². The van der Waals surface area contributed by atoms with E-state index >= 15 is 0 Å². The molecule has 0 N–H and O–H groups in total. The molecule has 1 aliphatic heterocycles. The second-order valence-corrected chi connectivity index (χ2v) is 7.52. The molecule has 1 saturated heterocycles. The zero-order chi connectivity index (χ0) is 24.4. The highest BCUT2D eigenvalue weighted by Gasteiger charge is 2.26. The Hall–Kier alpha value is -3.56. The average molecular weight is 475 g/mol. The summed E-state index contributed by atoms with van der Waals surface area (Å²) in [6.07, 6.45) is -2.01. The van der Waals surface area contributed by atoms with Crippen molar-refractivity contribution in [1.82, 2.24) is 18.4 Å². The molecule has 4 amide bonds. The van der Waals surface area contributed by atoms with Gasteiger partial charge >= 0.3 is 24.0 Å². The highest BCUT2D eigenvalue weighted by atomic mass is 32.2. The van der Waals surface area contributed by atoms with E-state index < -0.39 is 24.0 Å². The van der Waals surface area contributed by atoms with Crippen LogP contribution in [-0.4, -0.2) is 115 Å². The summed E-state index contributed by atoms with van der Waals surface area (Å²) in [5.74, 6) is -1.47. The first kappa shape index (κ1) is 26.5. The number of nitrogens with zero attached hydrogens (tertiary/aromatic N) is 7. The molecule has 1 fully saturated rings. The van der Waals surface area contributed by atoms with Crippen LogP contribution in [0.1, 0.15) is 6.92 Å². The van der Waals surface area contributed by atoms with E-state index in [1.54, 1.807) is 7.05 Å². The number of carbonyl (C=O) groups excluding carboxylic acids is 4. The maximum Gasteiger partial charge on any atom is 0.447 e. The van der Waals surface area contributed by atoms with Crippen molar-refractivity contribution in [3.63, 3.8) is 0 Å². The Morgan fingerprint density at radius 2 is 1.66 bits per heavy atom. The van der Waals surface area contributed by atoms with Gasteiger partial charge in [-0.25, -0.2) is 18.2 Å². The van der Waals surface area contributed by atoms with Crippen molar-refractivity contribution in [2.75, 3.05) is 55.5 Å². The van der Waals surface area contributed by atoms with Crippen LogP contribution in [0.25, 0.3) is 0 Å². The van der Waals surface area contributed by atoms with Gasteiger partial charge in [-0.05, 0) is 12.1 Å². The quantitative estimate of drug-likeness (QED) is 0.213. The van der Waals surface area contributed by atoms with E-state index in [1.807, 2.05) is 0 Å². The van der Waals surface area contributed by atoms with Crippen LogP contribution in [0.5, 0.6) is 0 Å². The van der Waals surface area contributed by atoms with E-state index in [9.17, 15) is 19.2 Å². The van der Waals surface area contributed by atoms with Gasteiger partial charge < -0.3 is 19.4 Å². The third-order valence-electron chi connectivity index (χ3n) is 3.56. The lowest BCUT2D eigenvalue weighted by Crippen LogP contribution is -2.42. The highest BCUT2D eigenvalue weighted by Crippen LogP contribution is 2.15. The summed E-state index contributed by atoms with van der Waals surface area (Å²) in [5.41, 5.74) is -0.173. The largest absolute Gasteiger partial charge is 0.470 e. The van der Waals surface area contributed by atoms with Crippen LogP contribution in [-0.2, 0) is 28.8 Å². The van der Waals surface area contributed by atoms with Crippen LogP contribution < -0.4 is 0 Å². The topological polar surface area (TPSA) is 155 Å². The molecule has 0 atom stereocenters. The van der Waals surface area contributed by atoms with Crippen LogP contribution >= 0.6 is 12.1 Å². The lowest BCUT2D eigenvalue weighted by molar-refractivity contribution is -0.127. The van der Waals surface area contributed by atoms with Gasteiger partial charge in [-0.1, -0.05) is 10.3 Å². The molecular formula is C16H25N7O8S. The summed E-state index contributed by atoms with van der Waals surface area (Å²) in [6, 6.07) is 0. The fraction of sp³-hybridized carbons (Fsp3) is 0.562.